The van der Waals surface area contributed by atoms with Gasteiger partial charge in [0.25, 0.3) is 0 Å². The number of carbonyl (C=O) groups excluding carboxylic acids is 2. The molecule has 1 atom stereocenters. The third-order valence-corrected chi connectivity index (χ3v) is 6.16. The predicted octanol–water partition coefficient (Wildman–Crippen LogP) is 3.27. The normalized spacial score (nSPS) is 20.6. The standard InChI is InChI=1S/C23H27N3O2/c27-20(25-15-11-18-8-7-14-24-16-18)17-26-21(19-9-3-1-4-10-19)23(22(26)28)12-5-2-6-13-23/h1,3-4,7-10,14,16,21H,2,5-6,11-13,15,17H2,(H,25,27). The monoisotopic (exact) mass is 377 g/mol. The van der Waals surface area contributed by atoms with Crippen molar-refractivity contribution in [2.75, 3.05) is 13.1 Å². The molecule has 1 aliphatic carbocycles. The first kappa shape index (κ1) is 18.7. The number of hydrogen-bond acceptors (Lipinski definition) is 3. The van der Waals surface area contributed by atoms with Gasteiger partial charge >= 0.3 is 0 Å². The van der Waals surface area contributed by atoms with Crippen molar-refractivity contribution in [2.24, 2.45) is 5.41 Å². The number of benzene rings is 1. The Morgan fingerprint density at radius 3 is 2.61 bits per heavy atom. The second-order valence-corrected chi connectivity index (χ2v) is 7.92. The highest BCUT2D eigenvalue weighted by atomic mass is 16.2. The fourth-order valence-corrected chi connectivity index (χ4v) is 4.82. The lowest BCUT2D eigenvalue weighted by molar-refractivity contribution is -0.179. The number of pyridine rings is 1. The molecule has 2 aliphatic rings. The van der Waals surface area contributed by atoms with Crippen LogP contribution < -0.4 is 5.32 Å². The lowest BCUT2D eigenvalue weighted by Crippen LogP contribution is -2.65. The Kier molecular flexibility index (Phi) is 5.42. The minimum atomic E-state index is -0.296. The van der Waals surface area contributed by atoms with Gasteiger partial charge in [-0.1, -0.05) is 55.7 Å². The van der Waals surface area contributed by atoms with Crippen LogP contribution in [0.1, 0.15) is 49.3 Å². The van der Waals surface area contributed by atoms with Gasteiger partial charge in [-0.05, 0) is 36.5 Å². The van der Waals surface area contributed by atoms with Crippen LogP contribution in [-0.2, 0) is 16.0 Å². The van der Waals surface area contributed by atoms with Crippen LogP contribution in [-0.4, -0.2) is 34.8 Å². The quantitative estimate of drug-likeness (QED) is 0.786. The summed E-state index contributed by atoms with van der Waals surface area (Å²) >= 11 is 0. The Balaban J connectivity index is 1.41. The Morgan fingerprint density at radius 1 is 1.11 bits per heavy atom. The van der Waals surface area contributed by atoms with Crippen LogP contribution in [0.4, 0.5) is 0 Å². The average Bonchev–Trinajstić information content (AvgIpc) is 2.75. The van der Waals surface area contributed by atoms with Gasteiger partial charge in [-0.25, -0.2) is 0 Å². The highest BCUT2D eigenvalue weighted by Crippen LogP contribution is 2.57. The smallest absolute Gasteiger partial charge is 0.239 e. The van der Waals surface area contributed by atoms with Crippen LogP contribution in [0.2, 0.25) is 0 Å². The zero-order valence-electron chi connectivity index (χ0n) is 16.1. The average molecular weight is 377 g/mol. The van der Waals surface area contributed by atoms with Gasteiger partial charge in [-0.2, -0.15) is 0 Å². The van der Waals surface area contributed by atoms with Crippen LogP contribution in [0.25, 0.3) is 0 Å². The zero-order valence-corrected chi connectivity index (χ0v) is 16.1. The second-order valence-electron chi connectivity index (χ2n) is 7.92. The summed E-state index contributed by atoms with van der Waals surface area (Å²) in [6, 6.07) is 14.1. The first-order valence-corrected chi connectivity index (χ1v) is 10.2. The Morgan fingerprint density at radius 2 is 1.89 bits per heavy atom. The van der Waals surface area contributed by atoms with Gasteiger partial charge in [0.05, 0.1) is 11.5 Å². The summed E-state index contributed by atoms with van der Waals surface area (Å²) in [5.41, 5.74) is 1.94. The summed E-state index contributed by atoms with van der Waals surface area (Å²) in [5.74, 6) is 0.0623. The van der Waals surface area contributed by atoms with E-state index < -0.39 is 0 Å². The zero-order chi connectivity index (χ0) is 19.4. The van der Waals surface area contributed by atoms with E-state index in [4.69, 9.17) is 0 Å². The number of aromatic nitrogens is 1. The molecule has 2 heterocycles. The van der Waals surface area contributed by atoms with Gasteiger partial charge in [0.1, 0.15) is 6.54 Å². The largest absolute Gasteiger partial charge is 0.354 e. The predicted molar refractivity (Wildman–Crippen MR) is 107 cm³/mol. The Labute approximate surface area is 166 Å². The molecule has 1 saturated heterocycles. The third-order valence-electron chi connectivity index (χ3n) is 6.16. The molecular formula is C23H27N3O2. The van der Waals surface area contributed by atoms with Crippen LogP contribution >= 0.6 is 0 Å². The van der Waals surface area contributed by atoms with Crippen molar-refractivity contribution in [1.29, 1.82) is 0 Å². The van der Waals surface area contributed by atoms with Crippen molar-refractivity contribution >= 4 is 11.8 Å². The number of amides is 2. The van der Waals surface area contributed by atoms with Gasteiger partial charge < -0.3 is 10.2 Å². The van der Waals surface area contributed by atoms with Crippen molar-refractivity contribution in [1.82, 2.24) is 15.2 Å². The number of nitrogens with zero attached hydrogens (tertiary/aromatic N) is 2. The molecule has 0 radical (unpaired) electrons. The third kappa shape index (κ3) is 3.53. The lowest BCUT2D eigenvalue weighted by Gasteiger charge is -2.58. The molecule has 1 aromatic carbocycles. The van der Waals surface area contributed by atoms with Gasteiger partial charge in [0.2, 0.25) is 11.8 Å². The maximum Gasteiger partial charge on any atom is 0.239 e. The maximum atomic E-state index is 13.1. The number of carbonyl (C=O) groups is 2. The van der Waals surface area contributed by atoms with E-state index in [1.807, 2.05) is 36.5 Å². The molecule has 4 rings (SSSR count). The number of β-lactam (4-membered cyclic amide) rings is 1. The maximum absolute atomic E-state index is 13.1. The number of nitrogens with one attached hydrogen (secondary N) is 1. The molecule has 1 spiro atoms. The van der Waals surface area contributed by atoms with Crippen LogP contribution in [0.3, 0.4) is 0 Å². The fraction of sp³-hybridized carbons (Fsp3) is 0.435. The molecule has 1 aliphatic heterocycles. The Hall–Kier alpha value is -2.69. The molecule has 1 unspecified atom stereocenters. The summed E-state index contributed by atoms with van der Waals surface area (Å²) in [5, 5.41) is 2.95. The minimum absolute atomic E-state index is 0.0190. The summed E-state index contributed by atoms with van der Waals surface area (Å²) < 4.78 is 0. The fourth-order valence-electron chi connectivity index (χ4n) is 4.82. The minimum Gasteiger partial charge on any atom is -0.354 e. The van der Waals surface area contributed by atoms with E-state index in [2.05, 4.69) is 22.4 Å². The van der Waals surface area contributed by atoms with Crippen molar-refractivity contribution in [3.63, 3.8) is 0 Å². The molecule has 2 aromatic rings. The Bertz CT molecular complexity index is 816. The molecular weight excluding hydrogens is 350 g/mol. The molecule has 2 amide bonds. The molecule has 28 heavy (non-hydrogen) atoms. The van der Waals surface area contributed by atoms with Gasteiger partial charge in [0, 0.05) is 18.9 Å². The van der Waals surface area contributed by atoms with E-state index in [0.717, 1.165) is 43.2 Å². The van der Waals surface area contributed by atoms with E-state index in [-0.39, 0.29) is 29.8 Å². The SMILES string of the molecule is O=C(CN1C(=O)C2(CCCCC2)C1c1ccccc1)NCCc1cccnc1. The summed E-state index contributed by atoms with van der Waals surface area (Å²) in [7, 11) is 0. The van der Waals surface area contributed by atoms with Crippen LogP contribution in [0.5, 0.6) is 0 Å². The van der Waals surface area contributed by atoms with E-state index in [1.54, 1.807) is 11.1 Å². The topological polar surface area (TPSA) is 62.3 Å². The van der Waals surface area contributed by atoms with E-state index in [1.165, 1.54) is 6.42 Å². The van der Waals surface area contributed by atoms with Gasteiger partial charge in [-0.3, -0.25) is 14.6 Å². The molecule has 1 saturated carbocycles. The van der Waals surface area contributed by atoms with E-state index >= 15 is 0 Å². The summed E-state index contributed by atoms with van der Waals surface area (Å²) in [6.07, 6.45) is 9.55. The lowest BCUT2D eigenvalue weighted by atomic mass is 9.60. The number of hydrogen-bond donors (Lipinski definition) is 1. The van der Waals surface area contributed by atoms with Crippen molar-refractivity contribution in [3.8, 4) is 0 Å². The molecule has 2 fully saturated rings. The molecule has 1 aromatic heterocycles. The van der Waals surface area contributed by atoms with Crippen molar-refractivity contribution < 1.29 is 9.59 Å². The first-order chi connectivity index (χ1) is 13.7. The molecule has 1 N–H and O–H groups in total. The van der Waals surface area contributed by atoms with E-state index in [9.17, 15) is 9.59 Å². The highest BCUT2D eigenvalue weighted by molar-refractivity contribution is 5.94. The van der Waals surface area contributed by atoms with Crippen LogP contribution in [0, 0.1) is 5.41 Å². The van der Waals surface area contributed by atoms with Crippen molar-refractivity contribution in [3.05, 3.63) is 66.0 Å². The molecule has 146 valence electrons. The van der Waals surface area contributed by atoms with E-state index in [0.29, 0.717) is 6.54 Å². The molecule has 0 bridgehead atoms. The number of likely N-dealkylation sites (tertiary alicyclic amines) is 1. The van der Waals surface area contributed by atoms with Gasteiger partial charge in [-0.15, -0.1) is 0 Å². The molecule has 5 heteroatoms. The molecule has 5 nitrogen and oxygen atoms in total. The number of rotatable bonds is 6. The summed E-state index contributed by atoms with van der Waals surface area (Å²) in [6.45, 7) is 0.681. The first-order valence-electron chi connectivity index (χ1n) is 10.2. The van der Waals surface area contributed by atoms with Crippen LogP contribution in [0.15, 0.2) is 54.9 Å². The summed E-state index contributed by atoms with van der Waals surface area (Å²) in [4.78, 5) is 31.5. The highest BCUT2D eigenvalue weighted by Gasteiger charge is 2.60. The van der Waals surface area contributed by atoms with Gasteiger partial charge in [0.15, 0.2) is 0 Å². The van der Waals surface area contributed by atoms with Crippen molar-refractivity contribution in [2.45, 2.75) is 44.6 Å². The second kappa shape index (κ2) is 8.13.